The van der Waals surface area contributed by atoms with E-state index in [1.807, 2.05) is 19.1 Å². The molecule has 1 aliphatic rings. The minimum absolute atomic E-state index is 0.0338. The summed E-state index contributed by atoms with van der Waals surface area (Å²) in [5.41, 5.74) is 8.28. The van der Waals surface area contributed by atoms with Gasteiger partial charge in [-0.25, -0.2) is 9.37 Å². The summed E-state index contributed by atoms with van der Waals surface area (Å²) in [4.78, 5) is 7.07. The van der Waals surface area contributed by atoms with Crippen molar-refractivity contribution in [1.29, 1.82) is 5.26 Å². The lowest BCUT2D eigenvalue weighted by Crippen LogP contribution is -2.40. The highest BCUT2D eigenvalue weighted by molar-refractivity contribution is 5.87. The molecular weight excluding hydrogens is 435 g/mol. The number of hydrogen-bond acceptors (Lipinski definition) is 7. The molecule has 0 aliphatic carbocycles. The number of hydrogen-bond donors (Lipinski definition) is 2. The number of halogens is 1. The van der Waals surface area contributed by atoms with Crippen LogP contribution in [0.1, 0.15) is 25.3 Å². The topological polar surface area (TPSA) is 105 Å². The van der Waals surface area contributed by atoms with Gasteiger partial charge in [0, 0.05) is 30.8 Å². The van der Waals surface area contributed by atoms with Crippen LogP contribution in [0.2, 0.25) is 0 Å². The van der Waals surface area contributed by atoms with Gasteiger partial charge in [0.1, 0.15) is 23.5 Å². The van der Waals surface area contributed by atoms with Gasteiger partial charge in [0.05, 0.1) is 30.5 Å². The number of nitriles is 1. The summed E-state index contributed by atoms with van der Waals surface area (Å²) in [5, 5.41) is 19.6. The van der Waals surface area contributed by atoms with E-state index in [9.17, 15) is 9.50 Å². The van der Waals surface area contributed by atoms with Crippen molar-refractivity contribution < 1.29 is 19.0 Å². The lowest BCUT2D eigenvalue weighted by atomic mass is 9.96. The Kier molecular flexibility index (Phi) is 6.85. The molecule has 2 heterocycles. The molecule has 0 saturated carbocycles. The second-order valence-electron chi connectivity index (χ2n) is 8.15. The van der Waals surface area contributed by atoms with Gasteiger partial charge in [0.15, 0.2) is 11.5 Å². The van der Waals surface area contributed by atoms with Gasteiger partial charge >= 0.3 is 0 Å². The smallest absolute Gasteiger partial charge is 0.160 e. The average molecular weight is 463 g/mol. The molecule has 3 aromatic rings. The summed E-state index contributed by atoms with van der Waals surface area (Å²) in [6.07, 6.45) is 1.70. The molecule has 3 N–H and O–H groups in total. The standard InChI is InChI=1S/C26H27FN4O3/c1-3-34-23-14-24(31-10-8-19(29)9-11-31)30-26(17-4-5-18(15-28)20(27)12-17)25(23)16-6-7-22(33-2)21(32)13-16/h4-7,12-14,19,32H,3,8-11,29H2,1-2H3. The van der Waals surface area contributed by atoms with Crippen LogP contribution in [-0.4, -0.2) is 42.9 Å². The number of piperidine rings is 1. The zero-order valence-corrected chi connectivity index (χ0v) is 19.2. The minimum atomic E-state index is -0.627. The summed E-state index contributed by atoms with van der Waals surface area (Å²) in [5.74, 6) is 0.941. The van der Waals surface area contributed by atoms with Crippen LogP contribution in [0, 0.1) is 17.1 Å². The van der Waals surface area contributed by atoms with E-state index in [0.717, 1.165) is 25.9 Å². The number of pyridine rings is 1. The fourth-order valence-corrected chi connectivity index (χ4v) is 4.16. The van der Waals surface area contributed by atoms with Crippen molar-refractivity contribution in [3.8, 4) is 45.7 Å². The third kappa shape index (κ3) is 4.61. The Bertz CT molecular complexity index is 1230. The Morgan fingerprint density at radius 3 is 2.50 bits per heavy atom. The van der Waals surface area contributed by atoms with Crippen molar-refractivity contribution in [3.05, 3.63) is 53.8 Å². The number of phenolic OH excluding ortho intramolecular Hbond substituents is 1. The zero-order chi connectivity index (χ0) is 24.2. The number of nitrogens with two attached hydrogens (primary N) is 1. The number of methoxy groups -OCH3 is 1. The number of benzene rings is 2. The molecule has 1 saturated heterocycles. The number of phenols is 1. The van der Waals surface area contributed by atoms with E-state index >= 15 is 0 Å². The van der Waals surface area contributed by atoms with Gasteiger partial charge < -0.3 is 25.2 Å². The molecule has 0 spiro atoms. The van der Waals surface area contributed by atoms with Crippen molar-refractivity contribution in [2.24, 2.45) is 5.73 Å². The molecule has 7 nitrogen and oxygen atoms in total. The Morgan fingerprint density at radius 2 is 1.88 bits per heavy atom. The number of ether oxygens (including phenoxy) is 2. The highest BCUT2D eigenvalue weighted by Crippen LogP contribution is 2.43. The lowest BCUT2D eigenvalue weighted by molar-refractivity contribution is 0.341. The maximum Gasteiger partial charge on any atom is 0.160 e. The summed E-state index contributed by atoms with van der Waals surface area (Å²) >= 11 is 0. The number of anilines is 1. The third-order valence-corrected chi connectivity index (χ3v) is 5.96. The highest BCUT2D eigenvalue weighted by atomic mass is 19.1. The van der Waals surface area contributed by atoms with E-state index in [1.165, 1.54) is 19.2 Å². The first-order valence-electron chi connectivity index (χ1n) is 11.2. The van der Waals surface area contributed by atoms with Crippen molar-refractivity contribution in [2.45, 2.75) is 25.8 Å². The second kappa shape index (κ2) is 9.98. The molecule has 0 amide bonds. The first-order chi connectivity index (χ1) is 16.4. The molecule has 0 bridgehead atoms. The molecule has 1 fully saturated rings. The second-order valence-corrected chi connectivity index (χ2v) is 8.15. The van der Waals surface area contributed by atoms with Crippen molar-refractivity contribution in [1.82, 2.24) is 4.98 Å². The van der Waals surface area contributed by atoms with Crippen LogP contribution in [0.15, 0.2) is 42.5 Å². The van der Waals surface area contributed by atoms with E-state index in [-0.39, 0.29) is 17.4 Å². The van der Waals surface area contributed by atoms with Gasteiger partial charge in [0.25, 0.3) is 0 Å². The lowest BCUT2D eigenvalue weighted by Gasteiger charge is -2.32. The largest absolute Gasteiger partial charge is 0.504 e. The molecule has 8 heteroatoms. The van der Waals surface area contributed by atoms with Crippen molar-refractivity contribution in [2.75, 3.05) is 31.7 Å². The van der Waals surface area contributed by atoms with Crippen LogP contribution in [0.5, 0.6) is 17.2 Å². The fraction of sp³-hybridized carbons (Fsp3) is 0.308. The Hall–Kier alpha value is -3.83. The number of aromatic nitrogens is 1. The highest BCUT2D eigenvalue weighted by Gasteiger charge is 2.24. The van der Waals surface area contributed by atoms with Crippen LogP contribution in [0.3, 0.4) is 0 Å². The molecule has 0 unspecified atom stereocenters. The van der Waals surface area contributed by atoms with Crippen LogP contribution < -0.4 is 20.1 Å². The quantitative estimate of drug-likeness (QED) is 0.557. The molecule has 0 radical (unpaired) electrons. The summed E-state index contributed by atoms with van der Waals surface area (Å²) in [6.45, 7) is 3.80. The Balaban J connectivity index is 1.95. The molecule has 176 valence electrons. The van der Waals surface area contributed by atoms with E-state index < -0.39 is 5.82 Å². The number of aromatic hydroxyl groups is 1. The van der Waals surface area contributed by atoms with Crippen LogP contribution >= 0.6 is 0 Å². The molecule has 34 heavy (non-hydrogen) atoms. The first kappa shape index (κ1) is 23.3. The summed E-state index contributed by atoms with van der Waals surface area (Å²) in [6, 6.07) is 13.3. The van der Waals surface area contributed by atoms with Crippen LogP contribution in [0.4, 0.5) is 10.2 Å². The van der Waals surface area contributed by atoms with Crippen LogP contribution in [0.25, 0.3) is 22.4 Å². The molecular formula is C26H27FN4O3. The minimum Gasteiger partial charge on any atom is -0.504 e. The van der Waals surface area contributed by atoms with E-state index in [2.05, 4.69) is 4.90 Å². The summed E-state index contributed by atoms with van der Waals surface area (Å²) in [7, 11) is 1.48. The molecule has 4 rings (SSSR count). The maximum atomic E-state index is 14.6. The van der Waals surface area contributed by atoms with Crippen molar-refractivity contribution >= 4 is 5.82 Å². The van der Waals surface area contributed by atoms with Crippen LogP contribution in [-0.2, 0) is 0 Å². The van der Waals surface area contributed by atoms with E-state index in [0.29, 0.717) is 46.3 Å². The van der Waals surface area contributed by atoms with Gasteiger partial charge in [-0.15, -0.1) is 0 Å². The normalized spacial score (nSPS) is 14.0. The fourth-order valence-electron chi connectivity index (χ4n) is 4.16. The van der Waals surface area contributed by atoms with Gasteiger partial charge in [-0.2, -0.15) is 5.26 Å². The van der Waals surface area contributed by atoms with Gasteiger partial charge in [-0.05, 0) is 49.6 Å². The van der Waals surface area contributed by atoms with Gasteiger partial charge in [-0.1, -0.05) is 12.1 Å². The van der Waals surface area contributed by atoms with Gasteiger partial charge in [0.2, 0.25) is 0 Å². The maximum absolute atomic E-state index is 14.6. The Morgan fingerprint density at radius 1 is 1.15 bits per heavy atom. The van der Waals surface area contributed by atoms with E-state index in [4.69, 9.17) is 25.5 Å². The monoisotopic (exact) mass is 462 g/mol. The zero-order valence-electron chi connectivity index (χ0n) is 19.2. The number of rotatable bonds is 6. The molecule has 1 aromatic heterocycles. The number of nitrogens with zero attached hydrogens (tertiary/aromatic N) is 3. The molecule has 1 aliphatic heterocycles. The third-order valence-electron chi connectivity index (χ3n) is 5.96. The predicted molar refractivity (Wildman–Crippen MR) is 129 cm³/mol. The van der Waals surface area contributed by atoms with E-state index in [1.54, 1.807) is 24.3 Å². The molecule has 2 aromatic carbocycles. The predicted octanol–water partition coefficient (Wildman–Crippen LogP) is 4.47. The summed E-state index contributed by atoms with van der Waals surface area (Å²) < 4.78 is 25.8. The Labute approximate surface area is 198 Å². The SMILES string of the molecule is CCOc1cc(N2CCC(N)CC2)nc(-c2ccc(C#N)c(F)c2)c1-c1ccc(OC)c(O)c1. The van der Waals surface area contributed by atoms with Gasteiger partial charge in [-0.3, -0.25) is 0 Å². The first-order valence-corrected chi connectivity index (χ1v) is 11.2. The molecule has 0 atom stereocenters. The van der Waals surface area contributed by atoms with Crippen molar-refractivity contribution in [3.63, 3.8) is 0 Å². The average Bonchev–Trinajstić information content (AvgIpc) is 2.84.